The summed E-state index contributed by atoms with van der Waals surface area (Å²) < 4.78 is 11.2. The molecule has 0 aliphatic carbocycles. The van der Waals surface area contributed by atoms with Gasteiger partial charge in [0.15, 0.2) is 6.10 Å². The van der Waals surface area contributed by atoms with Crippen molar-refractivity contribution in [3.8, 4) is 11.5 Å². The second-order valence-electron chi connectivity index (χ2n) is 5.37. The van der Waals surface area contributed by atoms with Crippen molar-refractivity contribution >= 4 is 17.5 Å². The smallest absolute Gasteiger partial charge is 0.260 e. The van der Waals surface area contributed by atoms with Gasteiger partial charge < -0.3 is 14.8 Å². The molecule has 1 amide bonds. The Hall–Kier alpha value is -2.20. The molecule has 4 nitrogen and oxygen atoms in total. The van der Waals surface area contributed by atoms with E-state index in [4.69, 9.17) is 21.1 Å². The fourth-order valence-corrected chi connectivity index (χ4v) is 2.19. The summed E-state index contributed by atoms with van der Waals surface area (Å²) in [6.07, 6.45) is 1.18. The molecule has 1 unspecified atom stereocenters. The molecule has 0 aliphatic heterocycles. The Morgan fingerprint density at radius 3 is 2.46 bits per heavy atom. The van der Waals surface area contributed by atoms with Gasteiger partial charge in [0.25, 0.3) is 5.91 Å². The molecule has 1 atom stereocenters. The number of carbonyl (C=O) groups is 1. The van der Waals surface area contributed by atoms with E-state index in [0.717, 1.165) is 18.6 Å². The molecule has 2 rings (SSSR count). The van der Waals surface area contributed by atoms with E-state index in [2.05, 4.69) is 5.32 Å². The van der Waals surface area contributed by atoms with Crippen molar-refractivity contribution in [2.24, 2.45) is 0 Å². The molecule has 0 fully saturated rings. The van der Waals surface area contributed by atoms with E-state index in [1.807, 2.05) is 30.3 Å². The molecule has 0 heterocycles. The topological polar surface area (TPSA) is 47.6 Å². The third kappa shape index (κ3) is 6.50. The average Bonchev–Trinajstić information content (AvgIpc) is 2.60. The molecule has 0 aliphatic rings. The Labute approximate surface area is 147 Å². The molecule has 128 valence electrons. The second kappa shape index (κ2) is 9.83. The lowest BCUT2D eigenvalue weighted by molar-refractivity contribution is -0.127. The summed E-state index contributed by atoms with van der Waals surface area (Å²) in [7, 11) is 0. The minimum absolute atomic E-state index is 0.131. The minimum atomic E-state index is -0.549. The summed E-state index contributed by atoms with van der Waals surface area (Å²) in [5.41, 5.74) is 0. The lowest BCUT2D eigenvalue weighted by Gasteiger charge is -2.14. The lowest BCUT2D eigenvalue weighted by Crippen LogP contribution is -2.36. The molecule has 0 radical (unpaired) electrons. The average molecular weight is 348 g/mol. The first-order valence-corrected chi connectivity index (χ1v) is 8.41. The normalized spacial score (nSPS) is 11.6. The number of para-hydroxylation sites is 1. The Bertz CT molecular complexity index is 616. The Kier molecular flexibility index (Phi) is 7.43. The Morgan fingerprint density at radius 1 is 1.04 bits per heavy atom. The molecule has 0 aromatic heterocycles. The van der Waals surface area contributed by atoms with Crippen LogP contribution in [0.5, 0.6) is 11.5 Å². The molecule has 5 heteroatoms. The van der Waals surface area contributed by atoms with Gasteiger partial charge in [0.2, 0.25) is 0 Å². The van der Waals surface area contributed by atoms with Crippen molar-refractivity contribution < 1.29 is 14.3 Å². The number of amides is 1. The van der Waals surface area contributed by atoms with Crippen LogP contribution in [0.15, 0.2) is 54.6 Å². The third-order valence-electron chi connectivity index (χ3n) is 3.38. The maximum atomic E-state index is 12.0. The zero-order valence-electron chi connectivity index (χ0n) is 13.7. The van der Waals surface area contributed by atoms with E-state index in [1.54, 1.807) is 31.2 Å². The van der Waals surface area contributed by atoms with Gasteiger partial charge in [0, 0.05) is 11.6 Å². The second-order valence-corrected chi connectivity index (χ2v) is 5.81. The number of nitrogens with one attached hydrogen (secondary N) is 1. The zero-order chi connectivity index (χ0) is 17.2. The summed E-state index contributed by atoms with van der Waals surface area (Å²) in [6.45, 7) is 2.96. The first-order chi connectivity index (χ1) is 11.6. The zero-order valence-corrected chi connectivity index (χ0v) is 14.5. The van der Waals surface area contributed by atoms with E-state index in [0.29, 0.717) is 23.9 Å². The first-order valence-electron chi connectivity index (χ1n) is 8.03. The summed E-state index contributed by atoms with van der Waals surface area (Å²) >= 11 is 5.81. The number of benzene rings is 2. The maximum Gasteiger partial charge on any atom is 0.260 e. The quantitative estimate of drug-likeness (QED) is 0.695. The summed E-state index contributed by atoms with van der Waals surface area (Å²) in [5, 5.41) is 3.50. The maximum absolute atomic E-state index is 12.0. The van der Waals surface area contributed by atoms with Gasteiger partial charge in [-0.3, -0.25) is 4.79 Å². The molecule has 0 spiro atoms. The third-order valence-corrected chi connectivity index (χ3v) is 3.63. The largest absolute Gasteiger partial charge is 0.494 e. The number of ether oxygens (including phenoxy) is 2. The Balaban J connectivity index is 1.58. The van der Waals surface area contributed by atoms with Gasteiger partial charge in [-0.05, 0) is 56.2 Å². The van der Waals surface area contributed by atoms with Crippen LogP contribution in [-0.2, 0) is 4.79 Å². The highest BCUT2D eigenvalue weighted by Crippen LogP contribution is 2.16. The van der Waals surface area contributed by atoms with Gasteiger partial charge in [-0.15, -0.1) is 0 Å². The number of hydrogen-bond acceptors (Lipinski definition) is 3. The molecule has 2 aromatic rings. The van der Waals surface area contributed by atoms with E-state index in [9.17, 15) is 4.79 Å². The van der Waals surface area contributed by atoms with Crippen LogP contribution in [0.1, 0.15) is 19.8 Å². The summed E-state index contributed by atoms with van der Waals surface area (Å²) in [6, 6.07) is 16.6. The number of hydrogen-bond donors (Lipinski definition) is 1. The highest BCUT2D eigenvalue weighted by molar-refractivity contribution is 6.30. The first kappa shape index (κ1) is 18.1. The predicted octanol–water partition coefficient (Wildman–Crippen LogP) is 4.08. The molecule has 24 heavy (non-hydrogen) atoms. The molecular weight excluding hydrogens is 326 g/mol. The van der Waals surface area contributed by atoms with Gasteiger partial charge in [-0.1, -0.05) is 29.8 Å². The van der Waals surface area contributed by atoms with Crippen LogP contribution >= 0.6 is 11.6 Å². The number of halogens is 1. The van der Waals surface area contributed by atoms with Crippen LogP contribution in [0.3, 0.4) is 0 Å². The van der Waals surface area contributed by atoms with Crippen LogP contribution in [0.4, 0.5) is 0 Å². The number of carbonyl (C=O) groups excluding carboxylic acids is 1. The molecular formula is C19H22ClNO3. The van der Waals surface area contributed by atoms with E-state index in [1.165, 1.54) is 0 Å². The minimum Gasteiger partial charge on any atom is -0.494 e. The highest BCUT2D eigenvalue weighted by Gasteiger charge is 2.13. The van der Waals surface area contributed by atoms with Gasteiger partial charge >= 0.3 is 0 Å². The highest BCUT2D eigenvalue weighted by atomic mass is 35.5. The monoisotopic (exact) mass is 347 g/mol. The molecule has 1 N–H and O–H groups in total. The van der Waals surface area contributed by atoms with Crippen molar-refractivity contribution in [1.29, 1.82) is 0 Å². The SMILES string of the molecule is CC(Oc1ccc(Cl)cc1)C(=O)NCCCCOc1ccccc1. The summed E-state index contributed by atoms with van der Waals surface area (Å²) in [4.78, 5) is 12.0. The fourth-order valence-electron chi connectivity index (χ4n) is 2.06. The number of unbranched alkanes of at least 4 members (excludes halogenated alkanes) is 1. The van der Waals surface area contributed by atoms with Gasteiger partial charge in [-0.25, -0.2) is 0 Å². The fraction of sp³-hybridized carbons (Fsp3) is 0.316. The van der Waals surface area contributed by atoms with E-state index >= 15 is 0 Å². The molecule has 0 saturated heterocycles. The van der Waals surface area contributed by atoms with Crippen LogP contribution < -0.4 is 14.8 Å². The predicted molar refractivity (Wildman–Crippen MR) is 95.7 cm³/mol. The molecule has 2 aromatic carbocycles. The molecule has 0 bridgehead atoms. The van der Waals surface area contributed by atoms with Crippen molar-refractivity contribution in [2.45, 2.75) is 25.9 Å². The van der Waals surface area contributed by atoms with Crippen molar-refractivity contribution in [3.05, 3.63) is 59.6 Å². The Morgan fingerprint density at radius 2 is 1.75 bits per heavy atom. The van der Waals surface area contributed by atoms with Crippen LogP contribution in [0.2, 0.25) is 5.02 Å². The number of rotatable bonds is 9. The van der Waals surface area contributed by atoms with E-state index in [-0.39, 0.29) is 5.91 Å². The van der Waals surface area contributed by atoms with Crippen molar-refractivity contribution in [2.75, 3.05) is 13.2 Å². The van der Waals surface area contributed by atoms with E-state index < -0.39 is 6.10 Å². The standard InChI is InChI=1S/C19H22ClNO3/c1-15(24-18-11-9-16(20)10-12-18)19(22)21-13-5-6-14-23-17-7-3-2-4-8-17/h2-4,7-12,15H,5-6,13-14H2,1H3,(H,21,22). The van der Waals surface area contributed by atoms with Crippen molar-refractivity contribution in [3.63, 3.8) is 0 Å². The van der Waals surface area contributed by atoms with Crippen LogP contribution in [-0.4, -0.2) is 25.2 Å². The summed E-state index contributed by atoms with van der Waals surface area (Å²) in [5.74, 6) is 1.36. The van der Waals surface area contributed by atoms with Gasteiger partial charge in [0.05, 0.1) is 6.61 Å². The lowest BCUT2D eigenvalue weighted by atomic mass is 10.3. The van der Waals surface area contributed by atoms with Gasteiger partial charge in [-0.2, -0.15) is 0 Å². The van der Waals surface area contributed by atoms with Crippen molar-refractivity contribution in [1.82, 2.24) is 5.32 Å². The van der Waals surface area contributed by atoms with Gasteiger partial charge in [0.1, 0.15) is 11.5 Å². The van der Waals surface area contributed by atoms with Crippen LogP contribution in [0, 0.1) is 0 Å². The van der Waals surface area contributed by atoms with Crippen LogP contribution in [0.25, 0.3) is 0 Å². The molecule has 0 saturated carbocycles.